The highest BCUT2D eigenvalue weighted by atomic mass is 35.5. The van der Waals surface area contributed by atoms with Crippen molar-refractivity contribution in [2.45, 2.75) is 26.7 Å². The number of oxime groups is 1. The van der Waals surface area contributed by atoms with Crippen LogP contribution in [0.25, 0.3) is 0 Å². The van der Waals surface area contributed by atoms with Crippen molar-refractivity contribution in [2.75, 3.05) is 19.7 Å². The smallest absolute Gasteiger partial charge is 0.263 e. The third-order valence-electron chi connectivity index (χ3n) is 2.78. The summed E-state index contributed by atoms with van der Waals surface area (Å²) >= 11 is 12.0. The molecular formula is C15H20Cl2N2O2. The lowest BCUT2D eigenvalue weighted by Gasteiger charge is -2.20. The first-order chi connectivity index (χ1) is 10.1. The van der Waals surface area contributed by atoms with Crippen molar-refractivity contribution < 1.29 is 9.63 Å². The summed E-state index contributed by atoms with van der Waals surface area (Å²) < 4.78 is 0. The Labute approximate surface area is 135 Å². The van der Waals surface area contributed by atoms with Gasteiger partial charge >= 0.3 is 0 Å². The van der Waals surface area contributed by atoms with E-state index >= 15 is 0 Å². The van der Waals surface area contributed by atoms with Gasteiger partial charge < -0.3 is 9.74 Å². The second kappa shape index (κ2) is 9.64. The molecule has 116 valence electrons. The van der Waals surface area contributed by atoms with E-state index in [-0.39, 0.29) is 12.5 Å². The van der Waals surface area contributed by atoms with Crippen LogP contribution >= 0.6 is 23.2 Å². The van der Waals surface area contributed by atoms with Gasteiger partial charge in [0.1, 0.15) is 0 Å². The molecule has 21 heavy (non-hydrogen) atoms. The molecule has 0 bridgehead atoms. The maximum absolute atomic E-state index is 11.9. The van der Waals surface area contributed by atoms with Crippen molar-refractivity contribution in [3.63, 3.8) is 0 Å². The highest BCUT2D eigenvalue weighted by Crippen LogP contribution is 2.22. The van der Waals surface area contributed by atoms with Crippen LogP contribution in [0.15, 0.2) is 23.4 Å². The van der Waals surface area contributed by atoms with Crippen LogP contribution in [0.3, 0.4) is 0 Å². The predicted molar refractivity (Wildman–Crippen MR) is 87.2 cm³/mol. The van der Waals surface area contributed by atoms with Gasteiger partial charge in [-0.15, -0.1) is 0 Å². The summed E-state index contributed by atoms with van der Waals surface area (Å²) in [6.45, 7) is 5.45. The number of rotatable bonds is 8. The van der Waals surface area contributed by atoms with Gasteiger partial charge in [0.15, 0.2) is 6.61 Å². The SMILES string of the molecule is CCCN(CCC)C(=O)CO/N=C/c1c(Cl)cccc1Cl. The number of benzene rings is 1. The number of halogens is 2. The summed E-state index contributed by atoms with van der Waals surface area (Å²) in [7, 11) is 0. The lowest BCUT2D eigenvalue weighted by molar-refractivity contribution is -0.136. The molecular weight excluding hydrogens is 311 g/mol. The number of hydrogen-bond acceptors (Lipinski definition) is 3. The van der Waals surface area contributed by atoms with Crippen LogP contribution in [0.2, 0.25) is 10.0 Å². The van der Waals surface area contributed by atoms with E-state index in [0.29, 0.717) is 15.6 Å². The summed E-state index contributed by atoms with van der Waals surface area (Å²) in [6.07, 6.45) is 3.26. The second-order valence-electron chi connectivity index (χ2n) is 4.52. The highest BCUT2D eigenvalue weighted by Gasteiger charge is 2.11. The van der Waals surface area contributed by atoms with E-state index in [1.807, 2.05) is 13.8 Å². The molecule has 1 rings (SSSR count). The van der Waals surface area contributed by atoms with Crippen molar-refractivity contribution in [2.24, 2.45) is 5.16 Å². The Bertz CT molecular complexity index is 466. The zero-order chi connectivity index (χ0) is 15.7. The Morgan fingerprint density at radius 2 is 1.81 bits per heavy atom. The quantitative estimate of drug-likeness (QED) is 0.534. The van der Waals surface area contributed by atoms with Crippen LogP contribution in [0, 0.1) is 0 Å². The number of carbonyl (C=O) groups excluding carboxylic acids is 1. The number of hydrogen-bond donors (Lipinski definition) is 0. The molecule has 0 aliphatic rings. The zero-order valence-electron chi connectivity index (χ0n) is 12.3. The standard InChI is InChI=1S/C15H20Cl2N2O2/c1-3-8-19(9-4-2)15(20)11-21-18-10-12-13(16)6-5-7-14(12)17/h5-7,10H,3-4,8-9,11H2,1-2H3/b18-10+. The van der Waals surface area contributed by atoms with Gasteiger partial charge in [0.05, 0.1) is 16.3 Å². The Kier molecular flexibility index (Phi) is 8.16. The summed E-state index contributed by atoms with van der Waals surface area (Å²) in [5.41, 5.74) is 0.576. The van der Waals surface area contributed by atoms with Gasteiger partial charge in [0, 0.05) is 18.7 Å². The van der Waals surface area contributed by atoms with E-state index in [4.69, 9.17) is 28.0 Å². The predicted octanol–water partition coefficient (Wildman–Crippen LogP) is 3.99. The van der Waals surface area contributed by atoms with Gasteiger partial charge in [-0.05, 0) is 25.0 Å². The third kappa shape index (κ3) is 5.94. The normalized spacial score (nSPS) is 10.9. The Morgan fingerprint density at radius 1 is 1.24 bits per heavy atom. The lowest BCUT2D eigenvalue weighted by Crippen LogP contribution is -2.34. The molecule has 1 aromatic rings. The molecule has 0 saturated carbocycles. The Balaban J connectivity index is 2.52. The molecule has 0 fully saturated rings. The summed E-state index contributed by atoms with van der Waals surface area (Å²) in [6, 6.07) is 5.17. The third-order valence-corrected chi connectivity index (χ3v) is 3.44. The minimum Gasteiger partial charge on any atom is -0.386 e. The molecule has 0 spiro atoms. The van der Waals surface area contributed by atoms with Crippen molar-refractivity contribution in [3.05, 3.63) is 33.8 Å². The largest absolute Gasteiger partial charge is 0.386 e. The van der Waals surface area contributed by atoms with Gasteiger partial charge in [-0.25, -0.2) is 0 Å². The van der Waals surface area contributed by atoms with E-state index in [1.54, 1.807) is 23.1 Å². The van der Waals surface area contributed by atoms with Crippen LogP contribution < -0.4 is 0 Å². The fraction of sp³-hybridized carbons (Fsp3) is 0.467. The molecule has 1 amide bonds. The number of carbonyl (C=O) groups is 1. The fourth-order valence-corrected chi connectivity index (χ4v) is 2.30. The van der Waals surface area contributed by atoms with Crippen LogP contribution in [-0.4, -0.2) is 36.7 Å². The van der Waals surface area contributed by atoms with Crippen LogP contribution in [-0.2, 0) is 9.63 Å². The van der Waals surface area contributed by atoms with Gasteiger partial charge in [0.25, 0.3) is 5.91 Å². The van der Waals surface area contributed by atoms with Crippen molar-refractivity contribution in [1.82, 2.24) is 4.90 Å². The molecule has 6 heteroatoms. The van der Waals surface area contributed by atoms with Gasteiger partial charge in [0.2, 0.25) is 0 Å². The van der Waals surface area contributed by atoms with Gasteiger partial charge in [-0.2, -0.15) is 0 Å². The Morgan fingerprint density at radius 3 is 2.33 bits per heavy atom. The molecule has 0 aromatic heterocycles. The number of nitrogens with zero attached hydrogens (tertiary/aromatic N) is 2. The summed E-state index contributed by atoms with van der Waals surface area (Å²) in [4.78, 5) is 18.8. The van der Waals surface area contributed by atoms with Crippen LogP contribution in [0.1, 0.15) is 32.3 Å². The van der Waals surface area contributed by atoms with Crippen LogP contribution in [0.4, 0.5) is 0 Å². The monoisotopic (exact) mass is 330 g/mol. The lowest BCUT2D eigenvalue weighted by atomic mass is 10.2. The van der Waals surface area contributed by atoms with Crippen LogP contribution in [0.5, 0.6) is 0 Å². The minimum atomic E-state index is -0.0848. The molecule has 0 aliphatic heterocycles. The van der Waals surface area contributed by atoms with Crippen molar-refractivity contribution >= 4 is 35.3 Å². The van der Waals surface area contributed by atoms with Gasteiger partial charge in [-0.3, -0.25) is 4.79 Å². The number of amides is 1. The molecule has 0 saturated heterocycles. The molecule has 1 aromatic carbocycles. The zero-order valence-corrected chi connectivity index (χ0v) is 13.8. The average molecular weight is 331 g/mol. The van der Waals surface area contributed by atoms with E-state index in [2.05, 4.69) is 5.16 Å². The molecule has 4 nitrogen and oxygen atoms in total. The summed E-state index contributed by atoms with van der Waals surface area (Å²) in [5.74, 6) is -0.0684. The molecule has 0 N–H and O–H groups in total. The minimum absolute atomic E-state index is 0.0684. The first-order valence-corrected chi connectivity index (χ1v) is 7.72. The second-order valence-corrected chi connectivity index (χ2v) is 5.34. The Hall–Kier alpha value is -1.26. The van der Waals surface area contributed by atoms with E-state index in [0.717, 1.165) is 25.9 Å². The molecule has 0 aliphatic carbocycles. The molecule has 0 heterocycles. The average Bonchev–Trinajstić information content (AvgIpc) is 2.45. The first kappa shape index (κ1) is 17.8. The van der Waals surface area contributed by atoms with E-state index in [9.17, 15) is 4.79 Å². The maximum atomic E-state index is 11.9. The first-order valence-electron chi connectivity index (χ1n) is 6.97. The van der Waals surface area contributed by atoms with Gasteiger partial charge in [-0.1, -0.05) is 48.3 Å². The molecule has 0 atom stereocenters. The topological polar surface area (TPSA) is 41.9 Å². The van der Waals surface area contributed by atoms with Crippen molar-refractivity contribution in [1.29, 1.82) is 0 Å². The van der Waals surface area contributed by atoms with E-state index in [1.165, 1.54) is 6.21 Å². The van der Waals surface area contributed by atoms with Crippen molar-refractivity contribution in [3.8, 4) is 0 Å². The maximum Gasteiger partial charge on any atom is 0.263 e. The molecule has 0 unspecified atom stereocenters. The highest BCUT2D eigenvalue weighted by molar-refractivity contribution is 6.38. The fourth-order valence-electron chi connectivity index (χ4n) is 1.81. The molecule has 0 radical (unpaired) electrons. The van der Waals surface area contributed by atoms with E-state index < -0.39 is 0 Å². The summed E-state index contributed by atoms with van der Waals surface area (Å²) in [5, 5.41) is 4.74.